The third kappa shape index (κ3) is 4.50. The van der Waals surface area contributed by atoms with Gasteiger partial charge in [-0.15, -0.1) is 0 Å². The van der Waals surface area contributed by atoms with Crippen molar-refractivity contribution in [3.05, 3.63) is 18.0 Å². The first-order valence-electron chi connectivity index (χ1n) is 6.72. The lowest BCUT2D eigenvalue weighted by Crippen LogP contribution is -2.29. The highest BCUT2D eigenvalue weighted by Gasteiger charge is 2.21. The highest BCUT2D eigenvalue weighted by Crippen LogP contribution is 2.26. The third-order valence-electron chi connectivity index (χ3n) is 3.17. The Morgan fingerprint density at radius 1 is 1.41 bits per heavy atom. The minimum Gasteiger partial charge on any atom is -0.315 e. The van der Waals surface area contributed by atoms with E-state index in [1.54, 1.807) is 0 Å². The smallest absolute Gasteiger partial charge is 0.0527 e. The SMILES string of the molecule is CCCn1cc(C(C)(C)CCNC(C)C)cn1. The van der Waals surface area contributed by atoms with E-state index in [4.69, 9.17) is 0 Å². The molecular formula is C14H27N3. The summed E-state index contributed by atoms with van der Waals surface area (Å²) in [7, 11) is 0. The van der Waals surface area contributed by atoms with Crippen molar-refractivity contribution >= 4 is 0 Å². The molecule has 1 N–H and O–H groups in total. The fourth-order valence-electron chi connectivity index (χ4n) is 1.88. The number of aryl methyl sites for hydroxylation is 1. The van der Waals surface area contributed by atoms with Gasteiger partial charge in [0, 0.05) is 18.8 Å². The Morgan fingerprint density at radius 3 is 2.71 bits per heavy atom. The summed E-state index contributed by atoms with van der Waals surface area (Å²) >= 11 is 0. The number of rotatable bonds is 7. The van der Waals surface area contributed by atoms with Gasteiger partial charge in [-0.2, -0.15) is 5.10 Å². The molecule has 0 atom stereocenters. The Labute approximate surface area is 106 Å². The van der Waals surface area contributed by atoms with Crippen LogP contribution in [0.25, 0.3) is 0 Å². The fourth-order valence-corrected chi connectivity index (χ4v) is 1.88. The fraction of sp³-hybridized carbons (Fsp3) is 0.786. The lowest BCUT2D eigenvalue weighted by Gasteiger charge is -2.24. The van der Waals surface area contributed by atoms with Crippen molar-refractivity contribution in [2.75, 3.05) is 6.54 Å². The lowest BCUT2D eigenvalue weighted by atomic mass is 9.83. The van der Waals surface area contributed by atoms with E-state index in [0.29, 0.717) is 6.04 Å². The molecule has 1 aromatic rings. The van der Waals surface area contributed by atoms with E-state index < -0.39 is 0 Å². The van der Waals surface area contributed by atoms with Crippen LogP contribution in [0.15, 0.2) is 12.4 Å². The number of hydrogen-bond donors (Lipinski definition) is 1. The third-order valence-corrected chi connectivity index (χ3v) is 3.17. The predicted octanol–water partition coefficient (Wildman–Crippen LogP) is 2.96. The molecule has 1 heterocycles. The van der Waals surface area contributed by atoms with Crippen molar-refractivity contribution in [2.45, 2.75) is 65.5 Å². The predicted molar refractivity (Wildman–Crippen MR) is 73.3 cm³/mol. The molecule has 0 aliphatic heterocycles. The summed E-state index contributed by atoms with van der Waals surface area (Å²) in [4.78, 5) is 0. The molecule has 1 aromatic heterocycles. The molecule has 0 spiro atoms. The molecule has 0 radical (unpaired) electrons. The van der Waals surface area contributed by atoms with E-state index in [0.717, 1.165) is 25.9 Å². The van der Waals surface area contributed by atoms with Crippen LogP contribution in [0.2, 0.25) is 0 Å². The van der Waals surface area contributed by atoms with Gasteiger partial charge in [0.05, 0.1) is 6.20 Å². The van der Waals surface area contributed by atoms with Crippen molar-refractivity contribution in [3.63, 3.8) is 0 Å². The van der Waals surface area contributed by atoms with Crippen LogP contribution < -0.4 is 5.32 Å². The van der Waals surface area contributed by atoms with E-state index in [1.165, 1.54) is 5.56 Å². The molecule has 0 unspecified atom stereocenters. The molecule has 0 amide bonds. The highest BCUT2D eigenvalue weighted by atomic mass is 15.3. The molecule has 0 aromatic carbocycles. The van der Waals surface area contributed by atoms with Gasteiger partial charge in [-0.25, -0.2) is 0 Å². The summed E-state index contributed by atoms with van der Waals surface area (Å²) in [5.41, 5.74) is 1.55. The summed E-state index contributed by atoms with van der Waals surface area (Å²) in [6.07, 6.45) is 6.49. The van der Waals surface area contributed by atoms with Gasteiger partial charge in [0.1, 0.15) is 0 Å². The van der Waals surface area contributed by atoms with Crippen molar-refractivity contribution in [1.82, 2.24) is 15.1 Å². The Morgan fingerprint density at radius 2 is 2.12 bits per heavy atom. The maximum Gasteiger partial charge on any atom is 0.0527 e. The summed E-state index contributed by atoms with van der Waals surface area (Å²) in [5.74, 6) is 0. The first kappa shape index (κ1) is 14.2. The molecule has 0 saturated carbocycles. The molecule has 3 nitrogen and oxygen atoms in total. The van der Waals surface area contributed by atoms with Crippen molar-refractivity contribution < 1.29 is 0 Å². The normalized spacial score (nSPS) is 12.4. The van der Waals surface area contributed by atoms with E-state index in [2.05, 4.69) is 51.2 Å². The van der Waals surface area contributed by atoms with Gasteiger partial charge in [-0.05, 0) is 30.4 Å². The van der Waals surface area contributed by atoms with Crippen LogP contribution in [-0.4, -0.2) is 22.4 Å². The van der Waals surface area contributed by atoms with Gasteiger partial charge < -0.3 is 5.32 Å². The van der Waals surface area contributed by atoms with Crippen LogP contribution in [0.4, 0.5) is 0 Å². The second kappa shape index (κ2) is 6.20. The van der Waals surface area contributed by atoms with Gasteiger partial charge in [-0.3, -0.25) is 4.68 Å². The molecule has 0 saturated heterocycles. The molecular weight excluding hydrogens is 210 g/mol. The van der Waals surface area contributed by atoms with Crippen LogP contribution >= 0.6 is 0 Å². The summed E-state index contributed by atoms with van der Waals surface area (Å²) in [5, 5.41) is 7.89. The zero-order valence-electron chi connectivity index (χ0n) is 12.0. The zero-order valence-corrected chi connectivity index (χ0v) is 12.0. The van der Waals surface area contributed by atoms with Crippen LogP contribution in [0.3, 0.4) is 0 Å². The van der Waals surface area contributed by atoms with Gasteiger partial charge in [0.15, 0.2) is 0 Å². The van der Waals surface area contributed by atoms with Gasteiger partial charge in [0.2, 0.25) is 0 Å². The van der Waals surface area contributed by atoms with Gasteiger partial charge in [-0.1, -0.05) is 34.6 Å². The largest absolute Gasteiger partial charge is 0.315 e. The van der Waals surface area contributed by atoms with E-state index in [-0.39, 0.29) is 5.41 Å². The minimum absolute atomic E-state index is 0.202. The van der Waals surface area contributed by atoms with Crippen LogP contribution in [0.5, 0.6) is 0 Å². The van der Waals surface area contributed by atoms with Crippen LogP contribution in [-0.2, 0) is 12.0 Å². The Kier molecular flexibility index (Phi) is 5.19. The second-order valence-corrected chi connectivity index (χ2v) is 5.73. The van der Waals surface area contributed by atoms with Crippen molar-refractivity contribution in [1.29, 1.82) is 0 Å². The number of aromatic nitrogens is 2. The topological polar surface area (TPSA) is 29.9 Å². The molecule has 3 heteroatoms. The lowest BCUT2D eigenvalue weighted by molar-refractivity contribution is 0.441. The molecule has 0 bridgehead atoms. The molecule has 0 aliphatic rings. The first-order valence-corrected chi connectivity index (χ1v) is 6.72. The average molecular weight is 237 g/mol. The summed E-state index contributed by atoms with van der Waals surface area (Å²) in [6.45, 7) is 13.2. The minimum atomic E-state index is 0.202. The summed E-state index contributed by atoms with van der Waals surface area (Å²) < 4.78 is 2.05. The molecule has 0 aliphatic carbocycles. The van der Waals surface area contributed by atoms with Crippen LogP contribution in [0, 0.1) is 0 Å². The van der Waals surface area contributed by atoms with Crippen molar-refractivity contribution in [3.8, 4) is 0 Å². The first-order chi connectivity index (χ1) is 7.95. The number of nitrogens with one attached hydrogen (secondary N) is 1. The Hall–Kier alpha value is -0.830. The Balaban J connectivity index is 2.55. The van der Waals surface area contributed by atoms with Gasteiger partial charge >= 0.3 is 0 Å². The monoisotopic (exact) mass is 237 g/mol. The van der Waals surface area contributed by atoms with E-state index in [1.807, 2.05) is 10.9 Å². The van der Waals surface area contributed by atoms with Crippen molar-refractivity contribution in [2.24, 2.45) is 0 Å². The maximum absolute atomic E-state index is 4.41. The average Bonchev–Trinajstić information content (AvgIpc) is 2.66. The highest BCUT2D eigenvalue weighted by molar-refractivity contribution is 5.16. The van der Waals surface area contributed by atoms with E-state index >= 15 is 0 Å². The number of hydrogen-bond acceptors (Lipinski definition) is 2. The zero-order chi connectivity index (χ0) is 12.9. The second-order valence-electron chi connectivity index (χ2n) is 5.73. The molecule has 0 fully saturated rings. The van der Waals surface area contributed by atoms with E-state index in [9.17, 15) is 0 Å². The van der Waals surface area contributed by atoms with Gasteiger partial charge in [0.25, 0.3) is 0 Å². The molecule has 1 rings (SSSR count). The quantitative estimate of drug-likeness (QED) is 0.790. The number of nitrogens with zero attached hydrogens (tertiary/aromatic N) is 2. The Bertz CT molecular complexity index is 326. The molecule has 17 heavy (non-hydrogen) atoms. The summed E-state index contributed by atoms with van der Waals surface area (Å²) in [6, 6.07) is 0.564. The standard InChI is InChI=1S/C14H27N3/c1-6-9-17-11-13(10-16-17)14(4,5)7-8-15-12(2)3/h10-12,15H,6-9H2,1-5H3. The molecule has 98 valence electrons. The maximum atomic E-state index is 4.41. The van der Waals surface area contributed by atoms with Crippen LogP contribution in [0.1, 0.15) is 53.0 Å².